The fourth-order valence-electron chi connectivity index (χ4n) is 2.37. The zero-order valence-corrected chi connectivity index (χ0v) is 17.4. The number of carbonyl (C=O) groups excluding carboxylic acids is 3. The molecule has 0 radical (unpaired) electrons. The molecule has 1 aromatic heterocycles. The van der Waals surface area contributed by atoms with Crippen LogP contribution in [0, 0.1) is 6.92 Å². The van der Waals surface area contributed by atoms with Crippen molar-refractivity contribution in [2.45, 2.75) is 13.8 Å². The van der Waals surface area contributed by atoms with Crippen molar-refractivity contribution in [1.29, 1.82) is 0 Å². The summed E-state index contributed by atoms with van der Waals surface area (Å²) in [6.45, 7) is 7.18. The van der Waals surface area contributed by atoms with Crippen molar-refractivity contribution in [2.24, 2.45) is 0 Å². The lowest BCUT2D eigenvalue weighted by atomic mass is 10.1. The predicted octanol–water partition coefficient (Wildman–Crippen LogP) is 4.34. The number of para-hydroxylation sites is 1. The van der Waals surface area contributed by atoms with Gasteiger partial charge in [-0.3, -0.25) is 9.59 Å². The maximum Gasteiger partial charge on any atom is 0.341 e. The van der Waals surface area contributed by atoms with Crippen molar-refractivity contribution < 1.29 is 19.1 Å². The summed E-state index contributed by atoms with van der Waals surface area (Å²) in [6, 6.07) is 9.02. The average Bonchev–Trinajstić information content (AvgIpc) is 2.99. The van der Waals surface area contributed by atoms with Gasteiger partial charge in [0.05, 0.1) is 22.8 Å². The number of hydrogen-bond acceptors (Lipinski definition) is 6. The molecule has 0 aliphatic carbocycles. The van der Waals surface area contributed by atoms with Crippen molar-refractivity contribution in [3.63, 3.8) is 0 Å². The summed E-state index contributed by atoms with van der Waals surface area (Å²) in [5.41, 5.74) is 1.34. The number of thiophene rings is 1. The van der Waals surface area contributed by atoms with E-state index in [9.17, 15) is 14.4 Å². The molecule has 0 atom stereocenters. The minimum atomic E-state index is -0.566. The molecule has 0 saturated carbocycles. The van der Waals surface area contributed by atoms with Crippen LogP contribution < -0.4 is 10.6 Å². The lowest BCUT2D eigenvalue weighted by molar-refractivity contribution is -0.113. The molecule has 0 aliphatic rings. The molecule has 1 heterocycles. The molecular weight excluding hydrogens is 396 g/mol. The highest BCUT2D eigenvalue weighted by Crippen LogP contribution is 2.34. The molecule has 0 spiro atoms. The molecule has 2 aromatic rings. The second kappa shape index (κ2) is 10.7. The van der Waals surface area contributed by atoms with Crippen LogP contribution in [-0.4, -0.2) is 35.9 Å². The summed E-state index contributed by atoms with van der Waals surface area (Å²) in [5.74, 6) is -0.304. The summed E-state index contributed by atoms with van der Waals surface area (Å²) in [4.78, 5) is 37.6. The van der Waals surface area contributed by atoms with Crippen molar-refractivity contribution >= 4 is 51.6 Å². The number of hydrogen-bond donors (Lipinski definition) is 2. The smallest absolute Gasteiger partial charge is 0.341 e. The van der Waals surface area contributed by atoms with Gasteiger partial charge in [-0.25, -0.2) is 4.79 Å². The highest BCUT2D eigenvalue weighted by atomic mass is 32.2. The molecule has 2 amide bonds. The van der Waals surface area contributed by atoms with Gasteiger partial charge in [-0.2, -0.15) is 0 Å². The highest BCUT2D eigenvalue weighted by Gasteiger charge is 2.26. The van der Waals surface area contributed by atoms with E-state index < -0.39 is 5.97 Å². The molecule has 2 N–H and O–H groups in total. The first kappa shape index (κ1) is 21.7. The summed E-state index contributed by atoms with van der Waals surface area (Å²) in [7, 11) is 0. The molecule has 0 bridgehead atoms. The first-order valence-corrected chi connectivity index (χ1v) is 10.6. The van der Waals surface area contributed by atoms with E-state index in [1.807, 2.05) is 18.2 Å². The van der Waals surface area contributed by atoms with Gasteiger partial charge in [-0.1, -0.05) is 24.3 Å². The van der Waals surface area contributed by atoms with Crippen LogP contribution in [0.5, 0.6) is 0 Å². The van der Waals surface area contributed by atoms with E-state index in [0.29, 0.717) is 26.9 Å². The van der Waals surface area contributed by atoms with Crippen LogP contribution in [-0.2, 0) is 9.53 Å². The van der Waals surface area contributed by atoms with Gasteiger partial charge in [0, 0.05) is 11.4 Å². The molecule has 1 aromatic carbocycles. The minimum Gasteiger partial charge on any atom is -0.462 e. The molecule has 148 valence electrons. The Bertz CT molecular complexity index is 863. The Labute approximate surface area is 172 Å². The number of ether oxygens (including phenoxy) is 1. The number of anilines is 2. The van der Waals surface area contributed by atoms with E-state index in [4.69, 9.17) is 4.74 Å². The third kappa shape index (κ3) is 5.71. The average molecular weight is 419 g/mol. The molecule has 0 unspecified atom stereocenters. The maximum atomic E-state index is 12.7. The van der Waals surface area contributed by atoms with Gasteiger partial charge in [-0.15, -0.1) is 29.7 Å². The number of carbonyl (C=O) groups is 3. The van der Waals surface area contributed by atoms with E-state index in [1.165, 1.54) is 11.8 Å². The third-order valence-corrected chi connectivity index (χ3v) is 5.73. The number of benzene rings is 1. The van der Waals surface area contributed by atoms with E-state index in [-0.39, 0.29) is 29.7 Å². The number of thioether (sulfide) groups is 1. The standard InChI is InChI=1S/C20H22N2O4S2/c1-4-11-27-12-15(23)22-19-16(20(25)26-5-2)13(3)17(28-19)18(24)21-14-9-7-6-8-10-14/h4,6-10H,1,5,11-12H2,2-3H3,(H,21,24)(H,22,23). The van der Waals surface area contributed by atoms with Crippen LogP contribution in [0.25, 0.3) is 0 Å². The van der Waals surface area contributed by atoms with Gasteiger partial charge < -0.3 is 15.4 Å². The van der Waals surface area contributed by atoms with Crippen molar-refractivity contribution in [2.75, 3.05) is 28.7 Å². The number of rotatable bonds is 9. The van der Waals surface area contributed by atoms with Crippen molar-refractivity contribution in [1.82, 2.24) is 0 Å². The molecule has 8 heteroatoms. The van der Waals surface area contributed by atoms with Gasteiger partial charge in [0.1, 0.15) is 5.00 Å². The fraction of sp³-hybridized carbons (Fsp3) is 0.250. The van der Waals surface area contributed by atoms with Crippen LogP contribution in [0.3, 0.4) is 0 Å². The quantitative estimate of drug-likeness (QED) is 0.359. The second-order valence-electron chi connectivity index (χ2n) is 5.65. The largest absolute Gasteiger partial charge is 0.462 e. The van der Waals surface area contributed by atoms with E-state index >= 15 is 0 Å². The van der Waals surface area contributed by atoms with E-state index in [2.05, 4.69) is 17.2 Å². The van der Waals surface area contributed by atoms with E-state index in [1.54, 1.807) is 32.1 Å². The maximum absolute atomic E-state index is 12.7. The lowest BCUT2D eigenvalue weighted by Gasteiger charge is -2.07. The Morgan fingerprint density at radius 3 is 2.57 bits per heavy atom. The third-order valence-electron chi connectivity index (χ3n) is 3.59. The number of amides is 2. The molecular formula is C20H22N2O4S2. The van der Waals surface area contributed by atoms with Crippen molar-refractivity contribution in [3.05, 3.63) is 59.0 Å². The number of esters is 1. The zero-order chi connectivity index (χ0) is 20.5. The predicted molar refractivity (Wildman–Crippen MR) is 116 cm³/mol. The van der Waals surface area contributed by atoms with Crippen LogP contribution in [0.4, 0.5) is 10.7 Å². The van der Waals surface area contributed by atoms with Crippen LogP contribution in [0.15, 0.2) is 43.0 Å². The van der Waals surface area contributed by atoms with Gasteiger partial charge >= 0.3 is 5.97 Å². The second-order valence-corrected chi connectivity index (χ2v) is 7.70. The Morgan fingerprint density at radius 2 is 1.93 bits per heavy atom. The molecule has 0 saturated heterocycles. The minimum absolute atomic E-state index is 0.197. The van der Waals surface area contributed by atoms with Gasteiger partial charge in [-0.05, 0) is 31.5 Å². The van der Waals surface area contributed by atoms with Crippen molar-refractivity contribution in [3.8, 4) is 0 Å². The van der Waals surface area contributed by atoms with Gasteiger partial charge in [0.2, 0.25) is 5.91 Å². The Balaban J connectivity index is 2.28. The Hall–Kier alpha value is -2.58. The number of nitrogens with one attached hydrogen (secondary N) is 2. The SMILES string of the molecule is C=CCSCC(=O)Nc1sc(C(=O)Nc2ccccc2)c(C)c1C(=O)OCC. The first-order chi connectivity index (χ1) is 13.5. The monoisotopic (exact) mass is 418 g/mol. The molecule has 6 nitrogen and oxygen atoms in total. The highest BCUT2D eigenvalue weighted by molar-refractivity contribution is 8.00. The summed E-state index contributed by atoms with van der Waals surface area (Å²) < 4.78 is 5.11. The van der Waals surface area contributed by atoms with Crippen LogP contribution >= 0.6 is 23.1 Å². The van der Waals surface area contributed by atoms with E-state index in [0.717, 1.165) is 11.3 Å². The van der Waals surface area contributed by atoms with Gasteiger partial charge in [0.15, 0.2) is 0 Å². The molecule has 0 fully saturated rings. The van der Waals surface area contributed by atoms with Crippen LogP contribution in [0.2, 0.25) is 0 Å². The van der Waals surface area contributed by atoms with Gasteiger partial charge in [0.25, 0.3) is 5.91 Å². The summed E-state index contributed by atoms with van der Waals surface area (Å²) in [5, 5.41) is 5.85. The summed E-state index contributed by atoms with van der Waals surface area (Å²) >= 11 is 2.46. The summed E-state index contributed by atoms with van der Waals surface area (Å²) in [6.07, 6.45) is 1.71. The first-order valence-electron chi connectivity index (χ1n) is 8.63. The fourth-order valence-corrected chi connectivity index (χ4v) is 4.02. The molecule has 28 heavy (non-hydrogen) atoms. The topological polar surface area (TPSA) is 84.5 Å². The Kier molecular flexibility index (Phi) is 8.28. The molecule has 2 rings (SSSR count). The Morgan fingerprint density at radius 1 is 1.21 bits per heavy atom. The zero-order valence-electron chi connectivity index (χ0n) is 15.7. The normalized spacial score (nSPS) is 10.2. The molecule has 0 aliphatic heterocycles. The van der Waals surface area contributed by atoms with Crippen LogP contribution in [0.1, 0.15) is 32.5 Å². The lowest BCUT2D eigenvalue weighted by Crippen LogP contribution is -2.16.